The summed E-state index contributed by atoms with van der Waals surface area (Å²) in [6.45, 7) is 2.69. The highest BCUT2D eigenvalue weighted by Gasteiger charge is 2.60. The normalized spacial score (nSPS) is 27.0. The van der Waals surface area contributed by atoms with Crippen LogP contribution in [0.25, 0.3) is 11.8 Å². The molecule has 1 aliphatic heterocycles. The number of carboxylic acids is 1. The van der Waals surface area contributed by atoms with Crippen LogP contribution in [0.1, 0.15) is 43.9 Å². The summed E-state index contributed by atoms with van der Waals surface area (Å²) >= 11 is 0. The Bertz CT molecular complexity index is 1090. The lowest BCUT2D eigenvalue weighted by Crippen LogP contribution is -2.55. The third kappa shape index (κ3) is 3.04. The van der Waals surface area contributed by atoms with E-state index < -0.39 is 17.7 Å². The van der Waals surface area contributed by atoms with E-state index in [2.05, 4.69) is 18.1 Å². The zero-order valence-electron chi connectivity index (χ0n) is 17.3. The van der Waals surface area contributed by atoms with Crippen molar-refractivity contribution in [2.75, 3.05) is 13.1 Å². The fraction of sp³-hybridized carbons (Fsp3) is 0.435. The van der Waals surface area contributed by atoms with Crippen molar-refractivity contribution in [2.45, 2.75) is 44.6 Å². The van der Waals surface area contributed by atoms with Crippen molar-refractivity contribution in [3.8, 4) is 5.69 Å². The lowest BCUT2D eigenvalue weighted by atomic mass is 9.57. The molecule has 1 saturated carbocycles. The van der Waals surface area contributed by atoms with Gasteiger partial charge in [-0.25, -0.2) is 13.9 Å². The lowest BCUT2D eigenvalue weighted by molar-refractivity contribution is -0.137. The minimum atomic E-state index is -0.931. The Labute approximate surface area is 179 Å². The Morgan fingerprint density at radius 3 is 2.84 bits per heavy atom. The first-order valence-corrected chi connectivity index (χ1v) is 10.5. The molecule has 2 fully saturated rings. The van der Waals surface area contributed by atoms with Gasteiger partial charge in [0.05, 0.1) is 30.5 Å². The number of amides is 1. The average Bonchev–Trinajstić information content (AvgIpc) is 3.27. The minimum absolute atomic E-state index is 0.0980. The van der Waals surface area contributed by atoms with Crippen LogP contribution in [0.2, 0.25) is 0 Å². The Morgan fingerprint density at radius 2 is 2.10 bits per heavy atom. The highest BCUT2D eigenvalue weighted by molar-refractivity contribution is 5.74. The third-order valence-corrected chi connectivity index (χ3v) is 7.14. The van der Waals surface area contributed by atoms with Gasteiger partial charge in [0.2, 0.25) is 0 Å². The largest absolute Gasteiger partial charge is 0.481 e. The van der Waals surface area contributed by atoms with E-state index in [9.17, 15) is 14.0 Å². The first kappa shape index (κ1) is 19.8. The second-order valence-electron chi connectivity index (χ2n) is 8.90. The molecule has 2 heterocycles. The maximum atomic E-state index is 13.4. The molecular weight excluding hydrogens is 401 g/mol. The van der Waals surface area contributed by atoms with Gasteiger partial charge in [0, 0.05) is 12.0 Å². The van der Waals surface area contributed by atoms with Gasteiger partial charge in [0.1, 0.15) is 11.4 Å². The molecule has 2 aromatic rings. The molecule has 0 radical (unpaired) electrons. The summed E-state index contributed by atoms with van der Waals surface area (Å²) in [7, 11) is 0. The molecule has 2 aliphatic carbocycles. The number of carboxylic acid groups (broad SMARTS) is 1. The molecule has 1 spiro atoms. The summed E-state index contributed by atoms with van der Waals surface area (Å²) in [6, 6.07) is 6.25. The smallest absolute Gasteiger partial charge is 0.410 e. The fourth-order valence-corrected chi connectivity index (χ4v) is 5.39. The number of benzene rings is 1. The van der Waals surface area contributed by atoms with Gasteiger partial charge in [-0.3, -0.25) is 4.79 Å². The monoisotopic (exact) mass is 425 g/mol. The number of nitrogens with zero attached hydrogens (tertiary/aromatic N) is 3. The van der Waals surface area contributed by atoms with Gasteiger partial charge in [-0.1, -0.05) is 12.5 Å². The molecule has 31 heavy (non-hydrogen) atoms. The molecule has 1 amide bonds. The number of hydrogen-bond donors (Lipinski definition) is 1. The predicted molar refractivity (Wildman–Crippen MR) is 110 cm³/mol. The van der Waals surface area contributed by atoms with Crippen LogP contribution in [0.5, 0.6) is 0 Å². The second-order valence-corrected chi connectivity index (χ2v) is 8.90. The minimum Gasteiger partial charge on any atom is -0.481 e. The fourth-order valence-electron chi connectivity index (χ4n) is 5.39. The van der Waals surface area contributed by atoms with Crippen LogP contribution < -0.4 is 0 Å². The number of carbonyl (C=O) groups excluding carboxylic acids is 1. The van der Waals surface area contributed by atoms with E-state index in [-0.39, 0.29) is 24.2 Å². The molecule has 1 N–H and O–H groups in total. The first-order valence-electron chi connectivity index (χ1n) is 10.5. The van der Waals surface area contributed by atoms with E-state index in [4.69, 9.17) is 9.84 Å². The summed E-state index contributed by atoms with van der Waals surface area (Å²) in [5.41, 5.74) is 2.97. The van der Waals surface area contributed by atoms with Gasteiger partial charge in [-0.05, 0) is 61.6 Å². The van der Waals surface area contributed by atoms with Crippen molar-refractivity contribution in [3.05, 3.63) is 53.1 Å². The standard InChI is InChI=1S/C23H24FN3O4/c1-22-12-15-13-25-27(18-6-4-17(24)5-7-18)19(15)11-16(22)3-2-9-23(22)14-26(21(30)31-23)10-8-20(28)29/h4-7,11,13H,2-3,8-10,12,14H2,1H3,(H,28,29)/t22-,23+/m0/s1. The summed E-state index contributed by atoms with van der Waals surface area (Å²) in [6.07, 6.45) is 6.66. The van der Waals surface area contributed by atoms with Crippen LogP contribution in [-0.2, 0) is 16.0 Å². The van der Waals surface area contributed by atoms with Gasteiger partial charge in [0.25, 0.3) is 0 Å². The van der Waals surface area contributed by atoms with Crippen molar-refractivity contribution in [3.63, 3.8) is 0 Å². The van der Waals surface area contributed by atoms with Crippen molar-refractivity contribution < 1.29 is 23.8 Å². The number of carbonyl (C=O) groups is 2. The summed E-state index contributed by atoms with van der Waals surface area (Å²) < 4.78 is 21.2. The number of aliphatic carboxylic acids is 1. The number of fused-ring (bicyclic) bond motifs is 3. The molecule has 1 aromatic heterocycles. The molecule has 1 saturated heterocycles. The lowest BCUT2D eigenvalue weighted by Gasteiger charge is -2.51. The maximum absolute atomic E-state index is 13.4. The molecule has 0 bridgehead atoms. The second kappa shape index (κ2) is 6.93. The Balaban J connectivity index is 1.49. The van der Waals surface area contributed by atoms with Crippen LogP contribution in [0, 0.1) is 11.2 Å². The molecule has 8 heteroatoms. The number of halogens is 1. The van der Waals surface area contributed by atoms with Gasteiger partial charge in [0.15, 0.2) is 0 Å². The van der Waals surface area contributed by atoms with Crippen molar-refractivity contribution in [1.82, 2.24) is 14.7 Å². The zero-order valence-corrected chi connectivity index (χ0v) is 17.3. The van der Waals surface area contributed by atoms with E-state index in [1.165, 1.54) is 22.6 Å². The SMILES string of the molecule is C[C@]12Cc3cnn(-c4ccc(F)cc4)c3C=C1CCC[C@@]21CN(CCC(=O)O)C(=O)O1. The molecular formula is C23H24FN3O4. The van der Waals surface area contributed by atoms with Crippen LogP contribution in [-0.4, -0.2) is 50.5 Å². The van der Waals surface area contributed by atoms with Gasteiger partial charge in [-0.15, -0.1) is 0 Å². The predicted octanol–water partition coefficient (Wildman–Crippen LogP) is 3.81. The summed E-state index contributed by atoms with van der Waals surface area (Å²) in [4.78, 5) is 25.1. The van der Waals surface area contributed by atoms with E-state index in [1.807, 2.05) is 10.9 Å². The van der Waals surface area contributed by atoms with Crippen molar-refractivity contribution in [1.29, 1.82) is 0 Å². The van der Waals surface area contributed by atoms with Crippen LogP contribution in [0.4, 0.5) is 9.18 Å². The van der Waals surface area contributed by atoms with Gasteiger partial charge >= 0.3 is 12.1 Å². The van der Waals surface area contributed by atoms with E-state index in [1.54, 1.807) is 12.1 Å². The molecule has 162 valence electrons. The quantitative estimate of drug-likeness (QED) is 0.805. The van der Waals surface area contributed by atoms with Crippen molar-refractivity contribution >= 4 is 18.1 Å². The molecule has 3 aliphatic rings. The number of rotatable bonds is 4. The molecule has 0 unspecified atom stereocenters. The van der Waals surface area contributed by atoms with Crippen LogP contribution in [0.3, 0.4) is 0 Å². The maximum Gasteiger partial charge on any atom is 0.410 e. The average molecular weight is 425 g/mol. The first-order chi connectivity index (χ1) is 14.8. The Morgan fingerprint density at radius 1 is 1.32 bits per heavy atom. The summed E-state index contributed by atoms with van der Waals surface area (Å²) in [5.74, 6) is -1.22. The number of aromatic nitrogens is 2. The highest BCUT2D eigenvalue weighted by atomic mass is 19.1. The molecule has 1 aromatic carbocycles. The van der Waals surface area contributed by atoms with Crippen LogP contribution in [0.15, 0.2) is 36.0 Å². The summed E-state index contributed by atoms with van der Waals surface area (Å²) in [5, 5.41) is 13.5. The number of hydrogen-bond acceptors (Lipinski definition) is 4. The van der Waals surface area contributed by atoms with E-state index >= 15 is 0 Å². The van der Waals surface area contributed by atoms with Gasteiger partial charge in [-0.2, -0.15) is 5.10 Å². The van der Waals surface area contributed by atoms with E-state index in [0.717, 1.165) is 36.2 Å². The van der Waals surface area contributed by atoms with Crippen molar-refractivity contribution in [2.24, 2.45) is 5.41 Å². The Kier molecular flexibility index (Phi) is 4.42. The molecule has 7 nitrogen and oxygen atoms in total. The molecule has 5 rings (SSSR count). The zero-order chi connectivity index (χ0) is 21.8. The molecule has 2 atom stereocenters. The third-order valence-electron chi connectivity index (χ3n) is 7.14. The Hall–Kier alpha value is -3.16. The van der Waals surface area contributed by atoms with E-state index in [0.29, 0.717) is 13.0 Å². The highest BCUT2D eigenvalue weighted by Crippen LogP contribution is 2.56. The van der Waals surface area contributed by atoms with Crippen LogP contribution >= 0.6 is 0 Å². The van der Waals surface area contributed by atoms with Gasteiger partial charge < -0.3 is 14.7 Å². The topological polar surface area (TPSA) is 84.7 Å². The number of ether oxygens (including phenoxy) is 1.